The molecule has 27 heavy (non-hydrogen) atoms. The van der Waals surface area contributed by atoms with E-state index in [-0.39, 0.29) is 10.8 Å². The maximum Gasteiger partial charge on any atom is 0.174 e. The van der Waals surface area contributed by atoms with Crippen LogP contribution in [0.2, 0.25) is 0 Å². The fourth-order valence-corrected chi connectivity index (χ4v) is 6.55. The molecule has 4 nitrogen and oxygen atoms in total. The van der Waals surface area contributed by atoms with E-state index in [1.165, 1.54) is 6.42 Å². The number of hydrogen-bond donors (Lipinski definition) is 1. The Kier molecular flexibility index (Phi) is 4.71. The second kappa shape index (κ2) is 6.66. The van der Waals surface area contributed by atoms with Crippen LogP contribution in [0.1, 0.15) is 58.4 Å². The zero-order valence-corrected chi connectivity index (χ0v) is 17.2. The Morgan fingerprint density at radius 1 is 1.15 bits per heavy atom. The quantitative estimate of drug-likeness (QED) is 0.815. The third-order valence-corrected chi connectivity index (χ3v) is 8.30. The lowest BCUT2D eigenvalue weighted by molar-refractivity contribution is -0.297. The molecule has 0 radical (unpaired) electrons. The SMILES string of the molecule is COc1cccc(O)c1C[C@]1(C)[C@@H](C)CC[C@]2(C)[C@H]1CCCC21OCCO1. The molecule has 1 aromatic carbocycles. The van der Waals surface area contributed by atoms with Crippen LogP contribution >= 0.6 is 0 Å². The number of ether oxygens (including phenoxy) is 3. The molecule has 1 spiro atoms. The molecule has 0 bridgehead atoms. The van der Waals surface area contributed by atoms with Gasteiger partial charge >= 0.3 is 0 Å². The molecule has 0 amide bonds. The van der Waals surface area contributed by atoms with Gasteiger partial charge in [0.15, 0.2) is 5.79 Å². The largest absolute Gasteiger partial charge is 0.508 e. The molecule has 4 atom stereocenters. The van der Waals surface area contributed by atoms with Crippen molar-refractivity contribution in [2.24, 2.45) is 22.7 Å². The van der Waals surface area contributed by atoms with Gasteiger partial charge in [0.2, 0.25) is 0 Å². The van der Waals surface area contributed by atoms with Crippen molar-refractivity contribution in [3.05, 3.63) is 23.8 Å². The van der Waals surface area contributed by atoms with Gasteiger partial charge in [0.25, 0.3) is 0 Å². The van der Waals surface area contributed by atoms with E-state index in [2.05, 4.69) is 20.8 Å². The van der Waals surface area contributed by atoms with Crippen molar-refractivity contribution in [1.29, 1.82) is 0 Å². The Morgan fingerprint density at radius 3 is 2.59 bits per heavy atom. The highest BCUT2D eigenvalue weighted by molar-refractivity contribution is 5.44. The van der Waals surface area contributed by atoms with Crippen molar-refractivity contribution in [3.8, 4) is 11.5 Å². The molecule has 4 rings (SSSR count). The van der Waals surface area contributed by atoms with Gasteiger partial charge in [-0.2, -0.15) is 0 Å². The van der Waals surface area contributed by atoms with Crippen LogP contribution in [0.5, 0.6) is 11.5 Å². The van der Waals surface area contributed by atoms with E-state index >= 15 is 0 Å². The van der Waals surface area contributed by atoms with Crippen LogP contribution in [0.4, 0.5) is 0 Å². The van der Waals surface area contributed by atoms with Crippen LogP contribution in [0, 0.1) is 22.7 Å². The third kappa shape index (κ3) is 2.71. The number of rotatable bonds is 3. The Labute approximate surface area is 163 Å². The second-order valence-electron chi connectivity index (χ2n) is 9.39. The highest BCUT2D eigenvalue weighted by Crippen LogP contribution is 2.66. The van der Waals surface area contributed by atoms with Crippen LogP contribution in [0.3, 0.4) is 0 Å². The van der Waals surface area contributed by atoms with E-state index in [0.717, 1.165) is 43.4 Å². The van der Waals surface area contributed by atoms with Crippen molar-refractivity contribution in [1.82, 2.24) is 0 Å². The summed E-state index contributed by atoms with van der Waals surface area (Å²) in [5.74, 6) is 1.77. The Hall–Kier alpha value is -1.26. The number of phenols is 1. The van der Waals surface area contributed by atoms with E-state index in [9.17, 15) is 5.11 Å². The maximum atomic E-state index is 10.6. The summed E-state index contributed by atoms with van der Waals surface area (Å²) in [5.41, 5.74) is 1.01. The van der Waals surface area contributed by atoms with E-state index in [4.69, 9.17) is 14.2 Å². The zero-order valence-electron chi connectivity index (χ0n) is 17.2. The van der Waals surface area contributed by atoms with Crippen molar-refractivity contribution >= 4 is 0 Å². The predicted molar refractivity (Wildman–Crippen MR) is 105 cm³/mol. The molecule has 1 aromatic rings. The van der Waals surface area contributed by atoms with Gasteiger partial charge in [0.05, 0.1) is 20.3 Å². The summed E-state index contributed by atoms with van der Waals surface area (Å²) in [5, 5.41) is 10.6. The lowest BCUT2D eigenvalue weighted by Gasteiger charge is -2.63. The van der Waals surface area contributed by atoms with Gasteiger partial charge in [0, 0.05) is 17.4 Å². The molecule has 3 aliphatic rings. The predicted octanol–water partition coefficient (Wildman–Crippen LogP) is 4.93. The zero-order chi connectivity index (χ0) is 19.3. The minimum atomic E-state index is -0.417. The highest BCUT2D eigenvalue weighted by Gasteiger charge is 2.64. The molecule has 4 heteroatoms. The topological polar surface area (TPSA) is 47.9 Å². The Bertz CT molecular complexity index is 696. The first-order valence-electron chi connectivity index (χ1n) is 10.5. The molecule has 1 aliphatic heterocycles. The molecule has 1 heterocycles. The van der Waals surface area contributed by atoms with Crippen molar-refractivity contribution in [2.75, 3.05) is 20.3 Å². The normalized spacial score (nSPS) is 37.9. The van der Waals surface area contributed by atoms with Gasteiger partial charge in [-0.1, -0.05) is 26.8 Å². The molecule has 1 saturated heterocycles. The summed E-state index contributed by atoms with van der Waals surface area (Å²) >= 11 is 0. The molecular weight excluding hydrogens is 340 g/mol. The lowest BCUT2D eigenvalue weighted by atomic mass is 9.45. The molecule has 2 aliphatic carbocycles. The molecule has 150 valence electrons. The second-order valence-corrected chi connectivity index (χ2v) is 9.39. The lowest BCUT2D eigenvalue weighted by Crippen LogP contribution is -2.62. The number of phenolic OH excluding ortho intramolecular Hbond substituents is 1. The van der Waals surface area contributed by atoms with E-state index in [0.29, 0.717) is 30.8 Å². The van der Waals surface area contributed by atoms with Crippen LogP contribution in [0.25, 0.3) is 0 Å². The number of fused-ring (bicyclic) bond motifs is 2. The van der Waals surface area contributed by atoms with E-state index in [1.54, 1.807) is 13.2 Å². The first-order valence-corrected chi connectivity index (χ1v) is 10.5. The fraction of sp³-hybridized carbons (Fsp3) is 0.739. The van der Waals surface area contributed by atoms with Crippen LogP contribution in [-0.2, 0) is 15.9 Å². The first kappa shape index (κ1) is 19.1. The molecule has 3 fully saturated rings. The van der Waals surface area contributed by atoms with Gasteiger partial charge in [0.1, 0.15) is 11.5 Å². The van der Waals surface area contributed by atoms with Gasteiger partial charge < -0.3 is 19.3 Å². The third-order valence-electron chi connectivity index (χ3n) is 8.30. The van der Waals surface area contributed by atoms with Gasteiger partial charge in [-0.15, -0.1) is 0 Å². The Morgan fingerprint density at radius 2 is 1.89 bits per heavy atom. The summed E-state index contributed by atoms with van der Waals surface area (Å²) in [6.45, 7) is 8.61. The maximum absolute atomic E-state index is 10.6. The van der Waals surface area contributed by atoms with Crippen LogP contribution in [-0.4, -0.2) is 31.2 Å². The van der Waals surface area contributed by atoms with Gasteiger partial charge in [-0.05, 0) is 61.5 Å². The fourth-order valence-electron chi connectivity index (χ4n) is 6.55. The monoisotopic (exact) mass is 374 g/mol. The van der Waals surface area contributed by atoms with Gasteiger partial charge in [-0.3, -0.25) is 0 Å². The summed E-state index contributed by atoms with van der Waals surface area (Å²) in [4.78, 5) is 0. The molecule has 0 unspecified atom stereocenters. The summed E-state index contributed by atoms with van der Waals surface area (Å²) in [6.07, 6.45) is 6.47. The molecule has 1 N–H and O–H groups in total. The smallest absolute Gasteiger partial charge is 0.174 e. The minimum Gasteiger partial charge on any atom is -0.508 e. The average molecular weight is 375 g/mol. The number of benzene rings is 1. The molecule has 0 aromatic heterocycles. The average Bonchev–Trinajstić information content (AvgIpc) is 3.13. The number of hydrogen-bond acceptors (Lipinski definition) is 4. The summed E-state index contributed by atoms with van der Waals surface area (Å²) in [7, 11) is 1.69. The highest BCUT2D eigenvalue weighted by atomic mass is 16.7. The molecule has 2 saturated carbocycles. The van der Waals surface area contributed by atoms with E-state index in [1.807, 2.05) is 12.1 Å². The summed E-state index contributed by atoms with van der Waals surface area (Å²) < 4.78 is 18.2. The molecular formula is C23H34O4. The van der Waals surface area contributed by atoms with E-state index < -0.39 is 5.79 Å². The Balaban J connectivity index is 1.75. The van der Waals surface area contributed by atoms with Gasteiger partial charge in [-0.25, -0.2) is 0 Å². The van der Waals surface area contributed by atoms with Crippen molar-refractivity contribution in [2.45, 2.75) is 65.1 Å². The van der Waals surface area contributed by atoms with Crippen LogP contribution < -0.4 is 4.74 Å². The number of aromatic hydroxyl groups is 1. The van der Waals surface area contributed by atoms with Crippen molar-refractivity contribution < 1.29 is 19.3 Å². The first-order chi connectivity index (χ1) is 12.9. The number of methoxy groups -OCH3 is 1. The van der Waals surface area contributed by atoms with Crippen LogP contribution in [0.15, 0.2) is 18.2 Å². The summed E-state index contributed by atoms with van der Waals surface area (Å²) in [6, 6.07) is 5.58. The standard InChI is InChI=1S/C23H34O4/c1-16-10-12-22(3)20(9-6-11-23(22)26-13-14-27-23)21(16,2)15-17-18(24)7-5-8-19(17)25-4/h5,7-8,16,20,24H,6,9-15H2,1-4H3/t16-,20-,21+,22+/m0/s1. The van der Waals surface area contributed by atoms with Crippen molar-refractivity contribution in [3.63, 3.8) is 0 Å². The minimum absolute atomic E-state index is 0.0145.